The molecule has 5 heteroatoms. The van der Waals surface area contributed by atoms with Crippen molar-refractivity contribution in [3.63, 3.8) is 0 Å². The quantitative estimate of drug-likeness (QED) is 0.816. The van der Waals surface area contributed by atoms with E-state index < -0.39 is 0 Å². The van der Waals surface area contributed by atoms with E-state index in [-0.39, 0.29) is 35.9 Å². The second-order valence-corrected chi connectivity index (χ2v) is 7.97. The zero-order valence-electron chi connectivity index (χ0n) is 16.8. The molecular weight excluding hydrogens is 340 g/mol. The van der Waals surface area contributed by atoms with Crippen LogP contribution in [0.4, 0.5) is 0 Å². The van der Waals surface area contributed by atoms with Gasteiger partial charge in [0.2, 0.25) is 11.8 Å². The van der Waals surface area contributed by atoms with Gasteiger partial charge < -0.3 is 14.5 Å². The van der Waals surface area contributed by atoms with Crippen LogP contribution in [-0.4, -0.2) is 60.0 Å². The molecule has 0 radical (unpaired) electrons. The van der Waals surface area contributed by atoms with E-state index >= 15 is 0 Å². The van der Waals surface area contributed by atoms with Crippen molar-refractivity contribution in [1.82, 2.24) is 9.80 Å². The number of rotatable bonds is 4. The fraction of sp³-hybridized carbons (Fsp3) is 0.636. The Bertz CT molecular complexity index is 630. The molecule has 0 aliphatic carbocycles. The number of likely N-dealkylation sites (tertiary alicyclic amines) is 1. The Kier molecular flexibility index (Phi) is 6.53. The monoisotopic (exact) mass is 372 g/mol. The molecule has 27 heavy (non-hydrogen) atoms. The molecule has 1 aromatic carbocycles. The molecule has 0 bridgehead atoms. The van der Waals surface area contributed by atoms with Crippen LogP contribution in [0.25, 0.3) is 0 Å². The topological polar surface area (TPSA) is 49.9 Å². The largest absolute Gasteiger partial charge is 0.372 e. The summed E-state index contributed by atoms with van der Waals surface area (Å²) in [6.07, 6.45) is 2.50. The number of nitrogens with zero attached hydrogens (tertiary/aromatic N) is 2. The Balaban J connectivity index is 1.56. The van der Waals surface area contributed by atoms with Crippen LogP contribution in [0, 0.1) is 5.92 Å². The normalized spacial score (nSPS) is 25.3. The van der Waals surface area contributed by atoms with E-state index in [0.717, 1.165) is 24.8 Å². The highest BCUT2D eigenvalue weighted by Gasteiger charge is 2.34. The second kappa shape index (κ2) is 8.87. The third kappa shape index (κ3) is 4.70. The predicted octanol–water partition coefficient (Wildman–Crippen LogP) is 3.05. The van der Waals surface area contributed by atoms with Crippen molar-refractivity contribution in [2.24, 2.45) is 5.92 Å². The van der Waals surface area contributed by atoms with Gasteiger partial charge in [-0.05, 0) is 38.7 Å². The molecule has 3 unspecified atom stereocenters. The van der Waals surface area contributed by atoms with Crippen molar-refractivity contribution in [2.75, 3.05) is 26.2 Å². The summed E-state index contributed by atoms with van der Waals surface area (Å²) in [5.74, 6) is 0.380. The van der Waals surface area contributed by atoms with Gasteiger partial charge >= 0.3 is 0 Å². The molecule has 2 aliphatic rings. The van der Waals surface area contributed by atoms with E-state index in [4.69, 9.17) is 4.74 Å². The highest BCUT2D eigenvalue weighted by molar-refractivity contribution is 5.84. The molecule has 0 aromatic heterocycles. The van der Waals surface area contributed by atoms with Crippen LogP contribution in [0.5, 0.6) is 0 Å². The van der Waals surface area contributed by atoms with Gasteiger partial charge in [-0.25, -0.2) is 0 Å². The summed E-state index contributed by atoms with van der Waals surface area (Å²) in [4.78, 5) is 29.8. The Morgan fingerprint density at radius 1 is 1.04 bits per heavy atom. The summed E-state index contributed by atoms with van der Waals surface area (Å²) >= 11 is 0. The van der Waals surface area contributed by atoms with Crippen LogP contribution in [-0.2, 0) is 14.3 Å². The number of carbonyl (C=O) groups is 2. The van der Waals surface area contributed by atoms with Crippen molar-refractivity contribution in [1.29, 1.82) is 0 Å². The lowest BCUT2D eigenvalue weighted by atomic mass is 9.91. The maximum Gasteiger partial charge on any atom is 0.230 e. The lowest BCUT2D eigenvalue weighted by Crippen LogP contribution is -2.52. The molecule has 3 rings (SSSR count). The van der Waals surface area contributed by atoms with Crippen LogP contribution >= 0.6 is 0 Å². The van der Waals surface area contributed by atoms with Gasteiger partial charge in [0.05, 0.1) is 18.1 Å². The van der Waals surface area contributed by atoms with E-state index in [2.05, 4.69) is 6.92 Å². The van der Waals surface area contributed by atoms with Gasteiger partial charge in [-0.15, -0.1) is 0 Å². The molecule has 2 aliphatic heterocycles. The predicted molar refractivity (Wildman–Crippen MR) is 105 cm³/mol. The summed E-state index contributed by atoms with van der Waals surface area (Å²) < 4.78 is 5.74. The molecular formula is C22H32N2O3. The SMILES string of the molecule is CCC(C(=O)N1CCC(C(=O)N2CC(C)OC(C)C2)CC1)c1ccccc1. The molecule has 2 fully saturated rings. The minimum Gasteiger partial charge on any atom is -0.372 e. The Morgan fingerprint density at radius 3 is 2.19 bits per heavy atom. The summed E-state index contributed by atoms with van der Waals surface area (Å²) in [6, 6.07) is 10.0. The van der Waals surface area contributed by atoms with Crippen molar-refractivity contribution in [3.05, 3.63) is 35.9 Å². The summed E-state index contributed by atoms with van der Waals surface area (Å²) in [7, 11) is 0. The minimum atomic E-state index is -0.0839. The Hall–Kier alpha value is -1.88. The van der Waals surface area contributed by atoms with E-state index in [1.165, 1.54) is 0 Å². The van der Waals surface area contributed by atoms with E-state index in [1.807, 2.05) is 54.0 Å². The summed E-state index contributed by atoms with van der Waals surface area (Å²) in [5, 5.41) is 0. The zero-order chi connectivity index (χ0) is 19.4. The first-order valence-corrected chi connectivity index (χ1v) is 10.3. The first-order chi connectivity index (χ1) is 13.0. The molecule has 3 atom stereocenters. The molecule has 0 spiro atoms. The van der Waals surface area contributed by atoms with E-state index in [1.54, 1.807) is 0 Å². The molecule has 2 amide bonds. The van der Waals surface area contributed by atoms with Crippen LogP contribution in [0.3, 0.4) is 0 Å². The first-order valence-electron chi connectivity index (χ1n) is 10.3. The van der Waals surface area contributed by atoms with Crippen LogP contribution in [0.1, 0.15) is 51.5 Å². The number of morpholine rings is 1. The summed E-state index contributed by atoms with van der Waals surface area (Å²) in [6.45, 7) is 8.80. The molecule has 1 aromatic rings. The lowest BCUT2D eigenvalue weighted by molar-refractivity contribution is -0.150. The number of amides is 2. The fourth-order valence-electron chi connectivity index (χ4n) is 4.42. The minimum absolute atomic E-state index is 0.0309. The maximum atomic E-state index is 13.0. The molecule has 2 saturated heterocycles. The maximum absolute atomic E-state index is 13.0. The van der Waals surface area contributed by atoms with Crippen molar-refractivity contribution < 1.29 is 14.3 Å². The zero-order valence-corrected chi connectivity index (χ0v) is 16.8. The van der Waals surface area contributed by atoms with Crippen LogP contribution in [0.15, 0.2) is 30.3 Å². The van der Waals surface area contributed by atoms with E-state index in [0.29, 0.717) is 26.2 Å². The molecule has 0 N–H and O–H groups in total. The highest BCUT2D eigenvalue weighted by Crippen LogP contribution is 2.27. The number of benzene rings is 1. The Morgan fingerprint density at radius 2 is 1.63 bits per heavy atom. The third-order valence-electron chi connectivity index (χ3n) is 5.80. The van der Waals surface area contributed by atoms with E-state index in [9.17, 15) is 9.59 Å². The van der Waals surface area contributed by atoms with Gasteiger partial charge in [-0.2, -0.15) is 0 Å². The Labute approximate surface area is 162 Å². The van der Waals surface area contributed by atoms with Crippen LogP contribution < -0.4 is 0 Å². The molecule has 2 heterocycles. The first kappa shape index (κ1) is 19.9. The molecule has 5 nitrogen and oxygen atoms in total. The number of ether oxygens (including phenoxy) is 1. The number of carbonyl (C=O) groups excluding carboxylic acids is 2. The van der Waals surface area contributed by atoms with Gasteiger partial charge in [-0.1, -0.05) is 37.3 Å². The third-order valence-corrected chi connectivity index (χ3v) is 5.80. The number of hydrogen-bond acceptors (Lipinski definition) is 3. The van der Waals surface area contributed by atoms with Crippen LogP contribution in [0.2, 0.25) is 0 Å². The molecule has 148 valence electrons. The molecule has 0 saturated carbocycles. The second-order valence-electron chi connectivity index (χ2n) is 7.97. The summed E-state index contributed by atoms with van der Waals surface area (Å²) in [5.41, 5.74) is 1.08. The lowest BCUT2D eigenvalue weighted by Gasteiger charge is -2.39. The number of hydrogen-bond donors (Lipinski definition) is 0. The van der Waals surface area contributed by atoms with Gasteiger partial charge in [0.1, 0.15) is 0 Å². The highest BCUT2D eigenvalue weighted by atomic mass is 16.5. The average molecular weight is 373 g/mol. The fourth-order valence-corrected chi connectivity index (χ4v) is 4.42. The van der Waals surface area contributed by atoms with Crippen molar-refractivity contribution >= 4 is 11.8 Å². The van der Waals surface area contributed by atoms with Gasteiger partial charge in [0.15, 0.2) is 0 Å². The average Bonchev–Trinajstić information content (AvgIpc) is 2.68. The van der Waals surface area contributed by atoms with Crippen molar-refractivity contribution in [2.45, 2.75) is 58.2 Å². The number of piperidine rings is 1. The van der Waals surface area contributed by atoms with Gasteiger partial charge in [0, 0.05) is 32.1 Å². The van der Waals surface area contributed by atoms with Gasteiger partial charge in [-0.3, -0.25) is 9.59 Å². The van der Waals surface area contributed by atoms with Crippen molar-refractivity contribution in [3.8, 4) is 0 Å². The smallest absolute Gasteiger partial charge is 0.230 e. The standard InChI is InChI=1S/C22H32N2O3/c1-4-20(18-8-6-5-7-9-18)22(26)23-12-10-19(11-13-23)21(25)24-14-16(2)27-17(3)15-24/h5-9,16-17,19-20H,4,10-15H2,1-3H3. The van der Waals surface area contributed by atoms with Gasteiger partial charge in [0.25, 0.3) is 0 Å².